The first-order valence-corrected chi connectivity index (χ1v) is 8.05. The molecule has 1 heterocycles. The number of benzene rings is 2. The number of carbonyl (C=O) groups excluding carboxylic acids is 1. The van der Waals surface area contributed by atoms with Gasteiger partial charge in [-0.25, -0.2) is 23.0 Å². The number of primary sulfonamides is 1. The third kappa shape index (κ3) is 2.87. The van der Waals surface area contributed by atoms with E-state index in [-0.39, 0.29) is 10.5 Å². The summed E-state index contributed by atoms with van der Waals surface area (Å²) in [6.45, 7) is 0. The molecule has 0 unspecified atom stereocenters. The van der Waals surface area contributed by atoms with Gasteiger partial charge in [0.05, 0.1) is 15.9 Å². The number of fused-ring (bicyclic) bond motifs is 1. The average Bonchev–Trinajstić information content (AvgIpc) is 2.82. The van der Waals surface area contributed by atoms with Crippen LogP contribution in [0.5, 0.6) is 0 Å². The minimum absolute atomic E-state index is 0.0988. The number of hydrogen-bond donors (Lipinski definition) is 3. The zero-order valence-electron chi connectivity index (χ0n) is 11.7. The average molecular weight is 332 g/mol. The number of H-pyrrole nitrogens is 1. The van der Waals surface area contributed by atoms with Gasteiger partial charge in [0.15, 0.2) is 0 Å². The Labute approximate surface area is 130 Å². The van der Waals surface area contributed by atoms with Crippen molar-refractivity contribution >= 4 is 27.0 Å². The number of nitrogens with one attached hydrogen (secondary N) is 2. The van der Waals surface area contributed by atoms with Crippen molar-refractivity contribution < 1.29 is 13.2 Å². The Morgan fingerprint density at radius 1 is 1.09 bits per heavy atom. The van der Waals surface area contributed by atoms with Gasteiger partial charge >= 0.3 is 5.69 Å². The number of hydrogen-bond acceptors (Lipinski definition) is 4. The van der Waals surface area contributed by atoms with E-state index in [4.69, 9.17) is 5.14 Å². The van der Waals surface area contributed by atoms with Crippen molar-refractivity contribution in [3.05, 3.63) is 64.6 Å². The minimum Gasteiger partial charge on any atom is -0.304 e. The number of sulfonamides is 1. The molecule has 0 atom stereocenters. The van der Waals surface area contributed by atoms with Crippen LogP contribution in [0.4, 0.5) is 0 Å². The molecule has 2 aromatic carbocycles. The fourth-order valence-corrected chi connectivity index (χ4v) is 2.64. The summed E-state index contributed by atoms with van der Waals surface area (Å²) in [6.07, 6.45) is 0. The number of imidazole rings is 1. The number of nitrogens with zero attached hydrogens (tertiary/aromatic N) is 1. The molecule has 0 saturated carbocycles. The summed E-state index contributed by atoms with van der Waals surface area (Å²) in [5, 5.41) is 5.00. The number of aromatic nitrogens is 2. The lowest BCUT2D eigenvalue weighted by Gasteiger charge is -2.06. The zero-order chi connectivity index (χ0) is 16.6. The van der Waals surface area contributed by atoms with Gasteiger partial charge in [0.25, 0.3) is 5.91 Å². The maximum absolute atomic E-state index is 12.2. The zero-order valence-corrected chi connectivity index (χ0v) is 12.5. The predicted octanol–water partition coefficient (Wildman–Crippen LogP) is 0.361. The van der Waals surface area contributed by atoms with Crippen LogP contribution in [-0.4, -0.2) is 24.0 Å². The summed E-state index contributed by atoms with van der Waals surface area (Å²) in [6, 6.07) is 12.0. The smallest absolute Gasteiger partial charge is 0.304 e. The third-order valence-electron chi connectivity index (χ3n) is 3.25. The largest absolute Gasteiger partial charge is 0.345 e. The van der Waals surface area contributed by atoms with Gasteiger partial charge < -0.3 is 4.98 Å². The fraction of sp³-hybridized carbons (Fsp3) is 0. The first-order chi connectivity index (χ1) is 10.9. The Balaban J connectivity index is 1.92. The van der Waals surface area contributed by atoms with Gasteiger partial charge in [-0.2, -0.15) is 0 Å². The monoisotopic (exact) mass is 332 g/mol. The highest BCUT2D eigenvalue weighted by atomic mass is 32.2. The molecule has 9 heteroatoms. The molecule has 0 spiro atoms. The molecule has 23 heavy (non-hydrogen) atoms. The van der Waals surface area contributed by atoms with E-state index < -0.39 is 21.6 Å². The van der Waals surface area contributed by atoms with Crippen molar-refractivity contribution in [1.29, 1.82) is 0 Å². The molecule has 3 rings (SSSR count). The van der Waals surface area contributed by atoms with Crippen molar-refractivity contribution in [1.82, 2.24) is 9.66 Å². The predicted molar refractivity (Wildman–Crippen MR) is 84.1 cm³/mol. The number of amides is 1. The molecule has 0 aliphatic carbocycles. The molecule has 8 nitrogen and oxygen atoms in total. The van der Waals surface area contributed by atoms with E-state index in [1.54, 1.807) is 24.3 Å². The Morgan fingerprint density at radius 2 is 1.74 bits per heavy atom. The van der Waals surface area contributed by atoms with E-state index in [9.17, 15) is 18.0 Å². The maximum Gasteiger partial charge on any atom is 0.345 e. The Bertz CT molecular complexity index is 1050. The van der Waals surface area contributed by atoms with Crippen molar-refractivity contribution in [2.24, 2.45) is 5.14 Å². The van der Waals surface area contributed by atoms with E-state index in [0.717, 1.165) is 4.68 Å². The topological polar surface area (TPSA) is 127 Å². The first kappa shape index (κ1) is 15.0. The van der Waals surface area contributed by atoms with Crippen LogP contribution in [0.25, 0.3) is 11.0 Å². The van der Waals surface area contributed by atoms with Gasteiger partial charge in [0.1, 0.15) is 0 Å². The van der Waals surface area contributed by atoms with E-state index in [1.807, 2.05) is 0 Å². The Kier molecular flexibility index (Phi) is 3.51. The highest BCUT2D eigenvalue weighted by molar-refractivity contribution is 7.89. The lowest BCUT2D eigenvalue weighted by molar-refractivity contribution is 0.101. The van der Waals surface area contributed by atoms with E-state index >= 15 is 0 Å². The summed E-state index contributed by atoms with van der Waals surface area (Å²) < 4.78 is 23.5. The van der Waals surface area contributed by atoms with Gasteiger partial charge in [0, 0.05) is 5.56 Å². The number of para-hydroxylation sites is 2. The van der Waals surface area contributed by atoms with Crippen LogP contribution >= 0.6 is 0 Å². The number of carbonyl (C=O) groups is 1. The summed E-state index contributed by atoms with van der Waals surface area (Å²) in [5.74, 6) is -0.558. The van der Waals surface area contributed by atoms with Crippen molar-refractivity contribution in [2.45, 2.75) is 4.90 Å². The van der Waals surface area contributed by atoms with Crippen LogP contribution in [0.15, 0.2) is 58.2 Å². The standard InChI is InChI=1S/C14H12N4O4S/c15-23(21,22)10-7-5-9(6-8-10)13(19)17-18-12-4-2-1-3-11(12)16-14(18)20/h1-8H,(H,16,20)(H,17,19)(H2,15,21,22). The minimum atomic E-state index is -3.82. The Hall–Kier alpha value is -2.91. The van der Waals surface area contributed by atoms with Crippen LogP contribution < -0.4 is 16.3 Å². The lowest BCUT2D eigenvalue weighted by atomic mass is 10.2. The highest BCUT2D eigenvalue weighted by Gasteiger charge is 2.13. The van der Waals surface area contributed by atoms with Crippen molar-refractivity contribution in [3.8, 4) is 0 Å². The summed E-state index contributed by atoms with van der Waals surface area (Å²) in [4.78, 5) is 26.6. The van der Waals surface area contributed by atoms with Crippen LogP contribution in [0.1, 0.15) is 10.4 Å². The molecule has 3 aromatic rings. The number of aromatic amines is 1. The molecule has 0 fully saturated rings. The van der Waals surface area contributed by atoms with Crippen LogP contribution in [0, 0.1) is 0 Å². The summed E-state index contributed by atoms with van der Waals surface area (Å²) in [5.41, 5.74) is 3.27. The van der Waals surface area contributed by atoms with Crippen LogP contribution in [0.2, 0.25) is 0 Å². The first-order valence-electron chi connectivity index (χ1n) is 6.50. The van der Waals surface area contributed by atoms with Gasteiger partial charge in [-0.3, -0.25) is 10.2 Å². The fourth-order valence-electron chi connectivity index (χ4n) is 2.13. The van der Waals surface area contributed by atoms with Crippen molar-refractivity contribution in [2.75, 3.05) is 5.43 Å². The third-order valence-corrected chi connectivity index (χ3v) is 4.18. The van der Waals surface area contributed by atoms with Crippen LogP contribution in [0.3, 0.4) is 0 Å². The quantitative estimate of drug-likeness (QED) is 0.640. The highest BCUT2D eigenvalue weighted by Crippen LogP contribution is 2.10. The number of rotatable bonds is 3. The second-order valence-corrected chi connectivity index (χ2v) is 6.35. The molecule has 0 saturated heterocycles. The van der Waals surface area contributed by atoms with Gasteiger partial charge in [-0.1, -0.05) is 12.1 Å². The lowest BCUT2D eigenvalue weighted by Crippen LogP contribution is -2.31. The summed E-state index contributed by atoms with van der Waals surface area (Å²) >= 11 is 0. The van der Waals surface area contributed by atoms with Gasteiger partial charge in [-0.05, 0) is 36.4 Å². The molecular formula is C14H12N4O4S. The normalized spacial score (nSPS) is 11.5. The molecule has 1 aromatic heterocycles. The second kappa shape index (κ2) is 5.38. The Morgan fingerprint density at radius 3 is 2.39 bits per heavy atom. The SMILES string of the molecule is NS(=O)(=O)c1ccc(C(=O)Nn2c(=O)[nH]c3ccccc32)cc1. The molecule has 4 N–H and O–H groups in total. The summed E-state index contributed by atoms with van der Waals surface area (Å²) in [7, 11) is -3.82. The molecule has 1 amide bonds. The van der Waals surface area contributed by atoms with E-state index in [1.165, 1.54) is 24.3 Å². The number of nitrogens with two attached hydrogens (primary N) is 1. The molecule has 118 valence electrons. The van der Waals surface area contributed by atoms with E-state index in [0.29, 0.717) is 11.0 Å². The van der Waals surface area contributed by atoms with Crippen molar-refractivity contribution in [3.63, 3.8) is 0 Å². The second-order valence-electron chi connectivity index (χ2n) is 4.79. The molecule has 0 bridgehead atoms. The van der Waals surface area contributed by atoms with Gasteiger partial charge in [0.2, 0.25) is 10.0 Å². The van der Waals surface area contributed by atoms with E-state index in [2.05, 4.69) is 10.4 Å². The molecule has 0 radical (unpaired) electrons. The maximum atomic E-state index is 12.2. The van der Waals surface area contributed by atoms with Gasteiger partial charge in [-0.15, -0.1) is 0 Å². The molecule has 0 aliphatic rings. The van der Waals surface area contributed by atoms with Crippen LogP contribution in [-0.2, 0) is 10.0 Å². The molecular weight excluding hydrogens is 320 g/mol. The molecule has 0 aliphatic heterocycles.